The molecule has 3 nitrogen and oxygen atoms in total. The summed E-state index contributed by atoms with van der Waals surface area (Å²) in [5.41, 5.74) is -1.21. The molecule has 0 saturated heterocycles. The number of carbonyl (C=O) groups is 2. The van der Waals surface area contributed by atoms with Gasteiger partial charge in [0.05, 0.1) is 5.41 Å². The van der Waals surface area contributed by atoms with Gasteiger partial charge in [-0.05, 0) is 49.9 Å². The minimum absolute atomic E-state index is 0.326. The maximum absolute atomic E-state index is 11.9. The molecule has 98 valence electrons. The van der Waals surface area contributed by atoms with Crippen molar-refractivity contribution in [1.29, 1.82) is 0 Å². The Bertz CT molecular complexity index is 400. The zero-order valence-corrected chi connectivity index (χ0v) is 10.6. The van der Waals surface area contributed by atoms with Crippen LogP contribution in [0.3, 0.4) is 0 Å². The van der Waals surface area contributed by atoms with E-state index in [1.165, 1.54) is 6.42 Å². The van der Waals surface area contributed by atoms with Gasteiger partial charge in [-0.25, -0.2) is 0 Å². The van der Waals surface area contributed by atoms with Crippen molar-refractivity contribution in [3.05, 3.63) is 12.7 Å². The van der Waals surface area contributed by atoms with Gasteiger partial charge in [-0.1, -0.05) is 6.08 Å². The van der Waals surface area contributed by atoms with Crippen molar-refractivity contribution in [3.8, 4) is 0 Å². The minimum atomic E-state index is -0.718. The maximum Gasteiger partial charge on any atom is 0.310 e. The first kappa shape index (κ1) is 11.9. The fraction of sp³-hybridized carbons (Fsp3) is 0.733. The Morgan fingerprint density at radius 1 is 1.28 bits per heavy atom. The van der Waals surface area contributed by atoms with E-state index in [1.54, 1.807) is 6.08 Å². The predicted molar refractivity (Wildman–Crippen MR) is 66.9 cm³/mol. The first-order valence-corrected chi connectivity index (χ1v) is 6.88. The fourth-order valence-corrected chi connectivity index (χ4v) is 5.48. The van der Waals surface area contributed by atoms with Crippen LogP contribution in [0.4, 0.5) is 0 Å². The van der Waals surface area contributed by atoms with Crippen molar-refractivity contribution in [2.45, 2.75) is 38.5 Å². The number of allylic oxidation sites excluding steroid dienone is 1. The number of carboxylic acids is 1. The molecule has 0 spiro atoms. The van der Waals surface area contributed by atoms with Crippen molar-refractivity contribution in [2.75, 3.05) is 0 Å². The highest BCUT2D eigenvalue weighted by molar-refractivity contribution is 5.78. The molecule has 4 saturated carbocycles. The second kappa shape index (κ2) is 3.69. The molecule has 3 unspecified atom stereocenters. The van der Waals surface area contributed by atoms with E-state index >= 15 is 0 Å². The Balaban J connectivity index is 2.13. The van der Waals surface area contributed by atoms with Crippen molar-refractivity contribution < 1.29 is 14.7 Å². The van der Waals surface area contributed by atoms with Crippen LogP contribution >= 0.6 is 0 Å². The average molecular weight is 248 g/mol. The van der Waals surface area contributed by atoms with Crippen molar-refractivity contribution in [3.63, 3.8) is 0 Å². The van der Waals surface area contributed by atoms with Crippen LogP contribution in [-0.4, -0.2) is 17.4 Å². The molecule has 0 heterocycles. The zero-order chi connectivity index (χ0) is 13.0. The molecule has 0 aromatic rings. The van der Waals surface area contributed by atoms with Gasteiger partial charge in [0.2, 0.25) is 0 Å². The Labute approximate surface area is 107 Å². The lowest BCUT2D eigenvalue weighted by Crippen LogP contribution is -2.62. The molecule has 0 aliphatic heterocycles. The summed E-state index contributed by atoms with van der Waals surface area (Å²) in [7, 11) is 0. The normalized spacial score (nSPS) is 49.0. The summed E-state index contributed by atoms with van der Waals surface area (Å²) in [6.45, 7) is 3.90. The average Bonchev–Trinajstić information content (AvgIpc) is 2.33. The number of hydrogen-bond donors (Lipinski definition) is 1. The van der Waals surface area contributed by atoms with Crippen LogP contribution in [0.15, 0.2) is 12.7 Å². The van der Waals surface area contributed by atoms with Crippen LogP contribution in [0.1, 0.15) is 38.5 Å². The lowest BCUT2D eigenvalue weighted by molar-refractivity contribution is -0.193. The molecule has 4 aliphatic carbocycles. The monoisotopic (exact) mass is 248 g/mol. The van der Waals surface area contributed by atoms with Crippen LogP contribution in [-0.2, 0) is 9.59 Å². The van der Waals surface area contributed by atoms with Gasteiger partial charge in [-0.15, -0.1) is 6.58 Å². The van der Waals surface area contributed by atoms with Gasteiger partial charge in [0.1, 0.15) is 6.29 Å². The third-order valence-electron chi connectivity index (χ3n) is 5.99. The number of carbonyl (C=O) groups excluding carboxylic acids is 1. The zero-order valence-electron chi connectivity index (χ0n) is 10.6. The molecule has 4 fully saturated rings. The van der Waals surface area contributed by atoms with E-state index in [0.29, 0.717) is 24.2 Å². The molecule has 0 amide bonds. The molecule has 0 radical (unpaired) electrons. The van der Waals surface area contributed by atoms with Crippen LogP contribution in [0.25, 0.3) is 0 Å². The molecule has 3 atom stereocenters. The number of rotatable bonds is 4. The summed E-state index contributed by atoms with van der Waals surface area (Å²) in [5.74, 6) is 0.752. The highest BCUT2D eigenvalue weighted by atomic mass is 16.4. The summed E-state index contributed by atoms with van der Waals surface area (Å²) < 4.78 is 0. The van der Waals surface area contributed by atoms with Gasteiger partial charge in [-0.2, -0.15) is 0 Å². The molecular weight excluding hydrogens is 228 g/mol. The third-order valence-corrected chi connectivity index (χ3v) is 5.99. The first-order valence-electron chi connectivity index (χ1n) is 6.88. The topological polar surface area (TPSA) is 54.4 Å². The van der Waals surface area contributed by atoms with Crippen molar-refractivity contribution in [2.24, 2.45) is 28.6 Å². The number of aldehydes is 1. The molecule has 4 aliphatic rings. The Hall–Kier alpha value is -1.12. The Morgan fingerprint density at radius 2 is 1.89 bits per heavy atom. The van der Waals surface area contributed by atoms with Gasteiger partial charge in [0, 0.05) is 11.8 Å². The first-order chi connectivity index (χ1) is 8.58. The van der Waals surface area contributed by atoms with Gasteiger partial charge in [0.25, 0.3) is 0 Å². The predicted octanol–water partition coefficient (Wildman–Crippen LogP) is 2.66. The SMILES string of the molecule is C=CC1(CC=O)C2CC3CC(C2)CC1(C(=O)O)C3. The molecule has 0 aromatic carbocycles. The Kier molecular flexibility index (Phi) is 2.45. The quantitative estimate of drug-likeness (QED) is 0.614. The fourth-order valence-electron chi connectivity index (χ4n) is 5.48. The molecule has 0 aromatic heterocycles. The van der Waals surface area contributed by atoms with Crippen LogP contribution in [0.5, 0.6) is 0 Å². The second-order valence-corrected chi connectivity index (χ2v) is 6.55. The van der Waals surface area contributed by atoms with E-state index in [9.17, 15) is 14.7 Å². The third kappa shape index (κ3) is 1.20. The largest absolute Gasteiger partial charge is 0.481 e. The number of hydrogen-bond acceptors (Lipinski definition) is 2. The summed E-state index contributed by atoms with van der Waals surface area (Å²) in [4.78, 5) is 23.0. The highest BCUT2D eigenvalue weighted by Gasteiger charge is 2.67. The summed E-state index contributed by atoms with van der Waals surface area (Å²) in [6.07, 6.45) is 7.89. The van der Waals surface area contributed by atoms with Crippen LogP contribution in [0, 0.1) is 28.6 Å². The lowest BCUT2D eigenvalue weighted by Gasteiger charge is -2.64. The summed E-state index contributed by atoms with van der Waals surface area (Å²) in [5, 5.41) is 9.81. The van der Waals surface area contributed by atoms with E-state index in [2.05, 4.69) is 6.58 Å². The van der Waals surface area contributed by atoms with Gasteiger partial charge < -0.3 is 9.90 Å². The van der Waals surface area contributed by atoms with Crippen LogP contribution < -0.4 is 0 Å². The summed E-state index contributed by atoms with van der Waals surface area (Å²) in [6, 6.07) is 0. The molecule has 18 heavy (non-hydrogen) atoms. The van der Waals surface area contributed by atoms with Crippen LogP contribution in [0.2, 0.25) is 0 Å². The van der Waals surface area contributed by atoms with E-state index in [0.717, 1.165) is 32.0 Å². The van der Waals surface area contributed by atoms with E-state index in [1.807, 2.05) is 0 Å². The molecule has 1 N–H and O–H groups in total. The number of aliphatic carboxylic acids is 1. The van der Waals surface area contributed by atoms with E-state index in [-0.39, 0.29) is 0 Å². The van der Waals surface area contributed by atoms with E-state index < -0.39 is 16.8 Å². The second-order valence-electron chi connectivity index (χ2n) is 6.55. The highest BCUT2D eigenvalue weighted by Crippen LogP contribution is 2.70. The van der Waals surface area contributed by atoms with Crippen molar-refractivity contribution in [1.82, 2.24) is 0 Å². The van der Waals surface area contributed by atoms with Crippen molar-refractivity contribution >= 4 is 12.3 Å². The minimum Gasteiger partial charge on any atom is -0.481 e. The smallest absolute Gasteiger partial charge is 0.310 e. The van der Waals surface area contributed by atoms with Gasteiger partial charge in [0.15, 0.2) is 0 Å². The van der Waals surface area contributed by atoms with E-state index in [4.69, 9.17) is 0 Å². The van der Waals surface area contributed by atoms with Gasteiger partial charge in [-0.3, -0.25) is 4.79 Å². The maximum atomic E-state index is 11.9. The molecule has 4 rings (SSSR count). The molecule has 4 bridgehead atoms. The Morgan fingerprint density at radius 3 is 2.33 bits per heavy atom. The van der Waals surface area contributed by atoms with Gasteiger partial charge >= 0.3 is 5.97 Å². The standard InChI is InChI=1S/C15H20O3/c1-2-14(3-4-16)12-6-10-5-11(7-12)9-15(14,8-10)13(17)18/h2,4,10-12H,1,3,5-9H2,(H,17,18). The molecular formula is C15H20O3. The molecule has 3 heteroatoms. The summed E-state index contributed by atoms with van der Waals surface area (Å²) >= 11 is 0. The number of carboxylic acid groups (broad SMARTS) is 1. The lowest BCUT2D eigenvalue weighted by atomic mass is 9.38.